The van der Waals surface area contributed by atoms with E-state index in [0.29, 0.717) is 47.6 Å². The number of esters is 1. The minimum atomic E-state index is -0.405. The molecule has 35 heavy (non-hydrogen) atoms. The van der Waals surface area contributed by atoms with Crippen molar-refractivity contribution in [1.82, 2.24) is 35.2 Å². The Hall–Kier alpha value is -4.31. The lowest BCUT2D eigenvalue weighted by molar-refractivity contribution is 0.0337. The predicted octanol–water partition coefficient (Wildman–Crippen LogP) is 2.89. The van der Waals surface area contributed by atoms with Crippen LogP contribution in [0.15, 0.2) is 61.1 Å². The van der Waals surface area contributed by atoms with Crippen molar-refractivity contribution in [1.29, 1.82) is 0 Å². The first-order valence-corrected chi connectivity index (χ1v) is 11.3. The van der Waals surface area contributed by atoms with Crippen LogP contribution in [0, 0.1) is 6.92 Å². The van der Waals surface area contributed by atoms with Crippen LogP contribution in [-0.4, -0.2) is 55.1 Å². The number of ether oxygens (including phenoxy) is 1. The van der Waals surface area contributed by atoms with E-state index in [1.807, 2.05) is 31.2 Å². The van der Waals surface area contributed by atoms with Gasteiger partial charge in [0.1, 0.15) is 35.0 Å². The van der Waals surface area contributed by atoms with Gasteiger partial charge in [-0.15, -0.1) is 0 Å². The third-order valence-corrected chi connectivity index (χ3v) is 5.42. The first-order valence-electron chi connectivity index (χ1n) is 11.3. The molecule has 0 aliphatic carbocycles. The number of aromatic nitrogens is 6. The second kappa shape index (κ2) is 10.3. The summed E-state index contributed by atoms with van der Waals surface area (Å²) in [6.45, 7) is 3.47. The van der Waals surface area contributed by atoms with Crippen molar-refractivity contribution in [2.75, 3.05) is 18.4 Å². The highest BCUT2D eigenvalue weighted by Gasteiger charge is 2.20. The topological polar surface area (TPSA) is 128 Å². The minimum absolute atomic E-state index is 0.0911. The van der Waals surface area contributed by atoms with E-state index < -0.39 is 5.97 Å². The summed E-state index contributed by atoms with van der Waals surface area (Å²) in [4.78, 5) is 38.8. The van der Waals surface area contributed by atoms with E-state index in [0.717, 1.165) is 24.2 Å². The van der Waals surface area contributed by atoms with Crippen LogP contribution in [0.1, 0.15) is 34.0 Å². The third kappa shape index (κ3) is 5.79. The van der Waals surface area contributed by atoms with E-state index in [-0.39, 0.29) is 6.10 Å². The molecule has 10 heteroatoms. The highest BCUT2D eigenvalue weighted by Crippen LogP contribution is 2.17. The van der Waals surface area contributed by atoms with Gasteiger partial charge in [0.2, 0.25) is 0 Å². The van der Waals surface area contributed by atoms with Crippen molar-refractivity contribution in [3.05, 3.63) is 83.8 Å². The van der Waals surface area contributed by atoms with Gasteiger partial charge in [-0.2, -0.15) is 0 Å². The smallest absolute Gasteiger partial charge is 0.357 e. The zero-order chi connectivity index (χ0) is 24.0. The van der Waals surface area contributed by atoms with E-state index in [4.69, 9.17) is 4.74 Å². The molecule has 4 aromatic heterocycles. The SMILES string of the molecule is Cc1cccc(-c2nccc(Nc3ccnc(Cc4ccc(C(=O)O[C@H]5CCNC5)nc4)n3)n2)n1. The van der Waals surface area contributed by atoms with E-state index in [1.54, 1.807) is 36.8 Å². The number of pyridine rings is 2. The van der Waals surface area contributed by atoms with Crippen LogP contribution in [0.25, 0.3) is 11.5 Å². The molecular weight excluding hydrogens is 444 g/mol. The summed E-state index contributed by atoms with van der Waals surface area (Å²) in [5, 5.41) is 6.37. The molecule has 0 radical (unpaired) electrons. The molecule has 4 aromatic rings. The molecule has 0 bridgehead atoms. The zero-order valence-corrected chi connectivity index (χ0v) is 19.2. The summed E-state index contributed by atoms with van der Waals surface area (Å²) < 4.78 is 5.46. The van der Waals surface area contributed by atoms with Crippen LogP contribution in [0.2, 0.25) is 0 Å². The van der Waals surface area contributed by atoms with E-state index in [9.17, 15) is 4.79 Å². The molecule has 1 aliphatic rings. The van der Waals surface area contributed by atoms with Gasteiger partial charge in [0.25, 0.3) is 0 Å². The van der Waals surface area contributed by atoms with Crippen molar-refractivity contribution in [3.8, 4) is 11.5 Å². The predicted molar refractivity (Wildman–Crippen MR) is 129 cm³/mol. The van der Waals surface area contributed by atoms with Gasteiger partial charge in [0.15, 0.2) is 5.82 Å². The standard InChI is InChI=1S/C25H24N8O2/c1-16-3-2-4-19(30-16)24-28-12-9-22(33-24)31-21-8-11-27-23(32-21)13-17-5-6-20(29-14-17)25(34)35-18-7-10-26-15-18/h2-6,8-9,11-12,14,18,26H,7,10,13,15H2,1H3,(H,27,28,31,32,33)/t18-/m0/s1. The quantitative estimate of drug-likeness (QED) is 0.391. The maximum atomic E-state index is 12.3. The highest BCUT2D eigenvalue weighted by molar-refractivity contribution is 5.87. The molecule has 0 aromatic carbocycles. The highest BCUT2D eigenvalue weighted by atomic mass is 16.5. The van der Waals surface area contributed by atoms with Crippen LogP contribution in [0.4, 0.5) is 11.6 Å². The van der Waals surface area contributed by atoms with E-state index in [2.05, 4.69) is 40.5 Å². The monoisotopic (exact) mass is 468 g/mol. The molecule has 5 heterocycles. The number of carbonyl (C=O) groups is 1. The summed E-state index contributed by atoms with van der Waals surface area (Å²) in [6.07, 6.45) is 6.21. The molecule has 10 nitrogen and oxygen atoms in total. The van der Waals surface area contributed by atoms with Crippen molar-refractivity contribution in [2.45, 2.75) is 25.9 Å². The van der Waals surface area contributed by atoms with Crippen molar-refractivity contribution in [3.63, 3.8) is 0 Å². The number of hydrogen-bond donors (Lipinski definition) is 2. The molecule has 5 rings (SSSR count). The lowest BCUT2D eigenvalue weighted by Crippen LogP contribution is -2.21. The molecule has 176 valence electrons. The van der Waals surface area contributed by atoms with Crippen LogP contribution in [0.5, 0.6) is 0 Å². The van der Waals surface area contributed by atoms with Crippen LogP contribution < -0.4 is 10.6 Å². The second-order valence-electron chi connectivity index (χ2n) is 8.16. The van der Waals surface area contributed by atoms with E-state index >= 15 is 0 Å². The van der Waals surface area contributed by atoms with Gasteiger partial charge in [0.05, 0.1) is 0 Å². The van der Waals surface area contributed by atoms with Crippen LogP contribution in [-0.2, 0) is 11.2 Å². The maximum Gasteiger partial charge on any atom is 0.357 e. The summed E-state index contributed by atoms with van der Waals surface area (Å²) in [5.41, 5.74) is 2.78. The molecule has 1 aliphatic heterocycles. The number of hydrogen-bond acceptors (Lipinski definition) is 10. The summed E-state index contributed by atoms with van der Waals surface area (Å²) in [7, 11) is 0. The van der Waals surface area contributed by atoms with Crippen molar-refractivity contribution in [2.24, 2.45) is 0 Å². The van der Waals surface area contributed by atoms with Gasteiger partial charge >= 0.3 is 5.97 Å². The van der Waals surface area contributed by atoms with Gasteiger partial charge in [-0.05, 0) is 55.8 Å². The molecule has 0 spiro atoms. The second-order valence-corrected chi connectivity index (χ2v) is 8.16. The summed E-state index contributed by atoms with van der Waals surface area (Å²) >= 11 is 0. The Morgan fingerprint density at radius 1 is 1.03 bits per heavy atom. The summed E-state index contributed by atoms with van der Waals surface area (Å²) in [5.74, 6) is 1.94. The minimum Gasteiger partial charge on any atom is -0.456 e. The fraction of sp³-hybridized carbons (Fsp3) is 0.240. The molecule has 1 atom stereocenters. The average Bonchev–Trinajstić information content (AvgIpc) is 3.38. The van der Waals surface area contributed by atoms with Crippen molar-refractivity contribution >= 4 is 17.6 Å². The molecular formula is C25H24N8O2. The lowest BCUT2D eigenvalue weighted by atomic mass is 10.2. The fourth-order valence-corrected chi connectivity index (χ4v) is 3.68. The average molecular weight is 469 g/mol. The number of nitrogens with one attached hydrogen (secondary N) is 2. The fourth-order valence-electron chi connectivity index (χ4n) is 3.68. The lowest BCUT2D eigenvalue weighted by Gasteiger charge is -2.10. The number of rotatable bonds is 7. The Labute approximate surface area is 202 Å². The maximum absolute atomic E-state index is 12.3. The number of anilines is 2. The van der Waals surface area contributed by atoms with Gasteiger partial charge in [0, 0.05) is 37.3 Å². The largest absolute Gasteiger partial charge is 0.456 e. The van der Waals surface area contributed by atoms with E-state index in [1.165, 1.54) is 0 Å². The van der Waals surface area contributed by atoms with Crippen LogP contribution >= 0.6 is 0 Å². The normalized spacial score (nSPS) is 15.1. The Kier molecular flexibility index (Phi) is 6.62. The third-order valence-electron chi connectivity index (χ3n) is 5.42. The number of carbonyl (C=O) groups excluding carboxylic acids is 1. The molecule has 2 N–H and O–H groups in total. The Morgan fingerprint density at radius 2 is 1.89 bits per heavy atom. The number of aryl methyl sites for hydroxylation is 1. The molecule has 0 saturated carbocycles. The van der Waals surface area contributed by atoms with Gasteiger partial charge in [-0.1, -0.05) is 12.1 Å². The Bertz CT molecular complexity index is 1320. The molecule has 1 fully saturated rings. The first-order chi connectivity index (χ1) is 17.1. The van der Waals surface area contributed by atoms with Crippen molar-refractivity contribution < 1.29 is 9.53 Å². The Balaban J connectivity index is 1.24. The number of nitrogens with zero attached hydrogens (tertiary/aromatic N) is 6. The summed E-state index contributed by atoms with van der Waals surface area (Å²) in [6, 6.07) is 12.8. The molecule has 1 saturated heterocycles. The zero-order valence-electron chi connectivity index (χ0n) is 19.2. The first kappa shape index (κ1) is 22.5. The molecule has 0 amide bonds. The van der Waals surface area contributed by atoms with Gasteiger partial charge in [-0.25, -0.2) is 34.7 Å². The Morgan fingerprint density at radius 3 is 2.66 bits per heavy atom. The van der Waals surface area contributed by atoms with Gasteiger partial charge < -0.3 is 15.4 Å². The van der Waals surface area contributed by atoms with Gasteiger partial charge in [-0.3, -0.25) is 0 Å². The molecule has 0 unspecified atom stereocenters. The van der Waals surface area contributed by atoms with Crippen LogP contribution in [0.3, 0.4) is 0 Å².